The zero-order chi connectivity index (χ0) is 9.97. The molecule has 0 radical (unpaired) electrons. The lowest BCUT2D eigenvalue weighted by Crippen LogP contribution is -2.18. The number of nitrogens with zero attached hydrogens (tertiary/aromatic N) is 1. The van der Waals surface area contributed by atoms with Gasteiger partial charge in [-0.25, -0.2) is 10.8 Å². The molecule has 1 aliphatic carbocycles. The fourth-order valence-corrected chi connectivity index (χ4v) is 1.54. The molecule has 1 aromatic rings. The molecule has 1 saturated carbocycles. The lowest BCUT2D eigenvalue weighted by atomic mass is 10.2. The maximum Gasteiger partial charge on any atom is 0.142 e. The Balaban J connectivity index is 2.00. The number of anilines is 2. The average Bonchev–Trinajstić information content (AvgIpc) is 3.01. The molecule has 1 aromatic heterocycles. The van der Waals surface area contributed by atoms with E-state index >= 15 is 0 Å². The van der Waals surface area contributed by atoms with Gasteiger partial charge in [-0.05, 0) is 37.8 Å². The number of nitrogen functional groups attached to an aromatic ring is 1. The number of rotatable bonds is 4. The van der Waals surface area contributed by atoms with Crippen molar-refractivity contribution in [2.24, 2.45) is 11.8 Å². The highest BCUT2D eigenvalue weighted by molar-refractivity contribution is 5.44. The summed E-state index contributed by atoms with van der Waals surface area (Å²) >= 11 is 0. The van der Waals surface area contributed by atoms with Crippen LogP contribution in [0.1, 0.15) is 19.8 Å². The highest BCUT2D eigenvalue weighted by Crippen LogP contribution is 2.33. The zero-order valence-corrected chi connectivity index (χ0v) is 8.33. The fraction of sp³-hybridized carbons (Fsp3) is 0.500. The van der Waals surface area contributed by atoms with Crippen molar-refractivity contribution in [1.82, 2.24) is 4.98 Å². The number of nitrogens with one attached hydrogen (secondary N) is 2. The summed E-state index contributed by atoms with van der Waals surface area (Å²) in [6.07, 6.45) is 2.67. The molecule has 2 rings (SSSR count). The molecule has 0 spiro atoms. The summed E-state index contributed by atoms with van der Waals surface area (Å²) in [4.78, 5) is 4.29. The predicted octanol–water partition coefficient (Wildman–Crippen LogP) is 1.58. The summed E-state index contributed by atoms with van der Waals surface area (Å²) in [6, 6.07) is 6.24. The van der Waals surface area contributed by atoms with Gasteiger partial charge in [-0.2, -0.15) is 0 Å². The van der Waals surface area contributed by atoms with Crippen molar-refractivity contribution < 1.29 is 0 Å². The van der Waals surface area contributed by atoms with E-state index in [0.29, 0.717) is 11.9 Å². The molecule has 0 aromatic carbocycles. The van der Waals surface area contributed by atoms with Crippen LogP contribution in [0.15, 0.2) is 18.2 Å². The molecule has 0 saturated heterocycles. The maximum absolute atomic E-state index is 5.28. The lowest BCUT2D eigenvalue weighted by molar-refractivity contribution is 0.691. The minimum atomic E-state index is 0.510. The third kappa shape index (κ3) is 2.14. The van der Waals surface area contributed by atoms with E-state index in [9.17, 15) is 0 Å². The molecule has 0 aliphatic heterocycles. The standard InChI is InChI=1S/C10H16N4/c1-7(8-5-6-8)12-9-3-2-4-10(13-9)14-11/h2-4,7-8H,5-6,11H2,1H3,(H2,12,13,14). The van der Waals surface area contributed by atoms with Gasteiger partial charge in [-0.15, -0.1) is 0 Å². The van der Waals surface area contributed by atoms with Crippen LogP contribution in [0.25, 0.3) is 0 Å². The molecule has 0 bridgehead atoms. The van der Waals surface area contributed by atoms with E-state index in [2.05, 4.69) is 22.7 Å². The summed E-state index contributed by atoms with van der Waals surface area (Å²) in [6.45, 7) is 2.20. The molecule has 1 fully saturated rings. The Labute approximate surface area is 83.9 Å². The third-order valence-corrected chi connectivity index (χ3v) is 2.60. The largest absolute Gasteiger partial charge is 0.367 e. The first-order valence-corrected chi connectivity index (χ1v) is 5.00. The summed E-state index contributed by atoms with van der Waals surface area (Å²) in [5, 5.41) is 3.37. The minimum Gasteiger partial charge on any atom is -0.367 e. The minimum absolute atomic E-state index is 0.510. The van der Waals surface area contributed by atoms with Crippen molar-refractivity contribution in [1.29, 1.82) is 0 Å². The zero-order valence-electron chi connectivity index (χ0n) is 8.33. The van der Waals surface area contributed by atoms with Gasteiger partial charge < -0.3 is 10.7 Å². The summed E-state index contributed by atoms with van der Waals surface area (Å²) in [5.41, 5.74) is 2.53. The van der Waals surface area contributed by atoms with E-state index < -0.39 is 0 Å². The molecule has 4 heteroatoms. The van der Waals surface area contributed by atoms with Gasteiger partial charge in [0.15, 0.2) is 0 Å². The molecular weight excluding hydrogens is 176 g/mol. The first kappa shape index (κ1) is 9.27. The van der Waals surface area contributed by atoms with Crippen molar-refractivity contribution in [3.05, 3.63) is 18.2 Å². The Morgan fingerprint density at radius 2 is 2.14 bits per heavy atom. The van der Waals surface area contributed by atoms with Gasteiger partial charge in [0.2, 0.25) is 0 Å². The van der Waals surface area contributed by atoms with Crippen LogP contribution in [0.5, 0.6) is 0 Å². The van der Waals surface area contributed by atoms with E-state index in [1.807, 2.05) is 18.2 Å². The molecular formula is C10H16N4. The van der Waals surface area contributed by atoms with Crippen LogP contribution in [0.3, 0.4) is 0 Å². The van der Waals surface area contributed by atoms with Gasteiger partial charge in [0.1, 0.15) is 11.6 Å². The van der Waals surface area contributed by atoms with Crippen LogP contribution < -0.4 is 16.6 Å². The molecule has 0 amide bonds. The molecule has 1 heterocycles. The van der Waals surface area contributed by atoms with Gasteiger partial charge in [-0.3, -0.25) is 0 Å². The second kappa shape index (κ2) is 3.84. The van der Waals surface area contributed by atoms with Gasteiger partial charge in [-0.1, -0.05) is 6.07 Å². The second-order valence-electron chi connectivity index (χ2n) is 3.82. The molecule has 1 atom stereocenters. The number of nitrogens with two attached hydrogens (primary N) is 1. The van der Waals surface area contributed by atoms with Crippen LogP contribution in [0.2, 0.25) is 0 Å². The van der Waals surface area contributed by atoms with Gasteiger partial charge in [0, 0.05) is 6.04 Å². The Bertz CT molecular complexity index is 309. The Morgan fingerprint density at radius 1 is 1.43 bits per heavy atom. The van der Waals surface area contributed by atoms with Crippen molar-refractivity contribution >= 4 is 11.6 Å². The van der Waals surface area contributed by atoms with Gasteiger partial charge in [0.25, 0.3) is 0 Å². The van der Waals surface area contributed by atoms with E-state index in [0.717, 1.165) is 11.7 Å². The van der Waals surface area contributed by atoms with Crippen LogP contribution in [-0.4, -0.2) is 11.0 Å². The van der Waals surface area contributed by atoms with Crippen LogP contribution in [0, 0.1) is 5.92 Å². The Morgan fingerprint density at radius 3 is 2.79 bits per heavy atom. The first-order chi connectivity index (χ1) is 6.79. The molecule has 1 unspecified atom stereocenters. The van der Waals surface area contributed by atoms with E-state index in [1.165, 1.54) is 12.8 Å². The maximum atomic E-state index is 5.28. The topological polar surface area (TPSA) is 63.0 Å². The Hall–Kier alpha value is -1.29. The molecule has 14 heavy (non-hydrogen) atoms. The lowest BCUT2D eigenvalue weighted by Gasteiger charge is -2.13. The Kier molecular flexibility index (Phi) is 2.54. The SMILES string of the molecule is CC(Nc1cccc(NN)n1)C1CC1. The molecule has 1 aliphatic rings. The summed E-state index contributed by atoms with van der Waals surface area (Å²) < 4.78 is 0. The third-order valence-electron chi connectivity index (χ3n) is 2.60. The van der Waals surface area contributed by atoms with E-state index in [1.54, 1.807) is 0 Å². The van der Waals surface area contributed by atoms with Gasteiger partial charge in [0.05, 0.1) is 0 Å². The van der Waals surface area contributed by atoms with Crippen molar-refractivity contribution in [2.75, 3.05) is 10.7 Å². The molecule has 4 nitrogen and oxygen atoms in total. The molecule has 4 N–H and O–H groups in total. The molecule has 76 valence electrons. The highest BCUT2D eigenvalue weighted by atomic mass is 15.3. The van der Waals surface area contributed by atoms with Crippen molar-refractivity contribution in [2.45, 2.75) is 25.8 Å². The first-order valence-electron chi connectivity index (χ1n) is 5.00. The fourth-order valence-electron chi connectivity index (χ4n) is 1.54. The number of hydrogen-bond donors (Lipinski definition) is 3. The van der Waals surface area contributed by atoms with Crippen LogP contribution in [-0.2, 0) is 0 Å². The normalized spacial score (nSPS) is 17.6. The predicted molar refractivity (Wildman–Crippen MR) is 57.9 cm³/mol. The average molecular weight is 192 g/mol. The number of hydrazine groups is 1. The quantitative estimate of drug-likeness (QED) is 0.500. The number of hydrogen-bond acceptors (Lipinski definition) is 4. The van der Waals surface area contributed by atoms with E-state index in [4.69, 9.17) is 5.84 Å². The number of aromatic nitrogens is 1. The van der Waals surface area contributed by atoms with Gasteiger partial charge >= 0.3 is 0 Å². The van der Waals surface area contributed by atoms with Crippen molar-refractivity contribution in [3.8, 4) is 0 Å². The monoisotopic (exact) mass is 192 g/mol. The van der Waals surface area contributed by atoms with E-state index in [-0.39, 0.29) is 0 Å². The highest BCUT2D eigenvalue weighted by Gasteiger charge is 2.27. The van der Waals surface area contributed by atoms with Crippen molar-refractivity contribution in [3.63, 3.8) is 0 Å². The smallest absolute Gasteiger partial charge is 0.142 e. The summed E-state index contributed by atoms with van der Waals surface area (Å²) in [5.74, 6) is 7.69. The number of pyridine rings is 1. The second-order valence-corrected chi connectivity index (χ2v) is 3.82. The summed E-state index contributed by atoms with van der Waals surface area (Å²) in [7, 11) is 0. The van der Waals surface area contributed by atoms with Crippen LogP contribution in [0.4, 0.5) is 11.6 Å². The van der Waals surface area contributed by atoms with Crippen LogP contribution >= 0.6 is 0 Å².